The fraction of sp³-hybridized carbons (Fsp3) is 0.318. The molecule has 0 saturated heterocycles. The van der Waals surface area contributed by atoms with Crippen molar-refractivity contribution in [2.45, 2.75) is 11.8 Å². The summed E-state index contributed by atoms with van der Waals surface area (Å²) in [7, 11) is 1.53. The molecule has 0 spiro atoms. The Morgan fingerprint density at radius 2 is 1.88 bits per heavy atom. The van der Waals surface area contributed by atoms with Crippen LogP contribution in [0.5, 0.6) is 5.75 Å². The van der Waals surface area contributed by atoms with Crippen molar-refractivity contribution in [3.8, 4) is 5.75 Å². The van der Waals surface area contributed by atoms with Crippen LogP contribution < -0.4 is 15.4 Å². The van der Waals surface area contributed by atoms with Gasteiger partial charge in [0.15, 0.2) is 6.61 Å². The van der Waals surface area contributed by atoms with Crippen molar-refractivity contribution in [3.05, 3.63) is 58.1 Å². The van der Waals surface area contributed by atoms with E-state index < -0.39 is 23.4 Å². The van der Waals surface area contributed by atoms with E-state index in [4.69, 9.17) is 14.2 Å². The number of amides is 2. The highest BCUT2D eigenvalue weighted by atomic mass is 32.2. The molecule has 12 heteroatoms. The second-order valence-electron chi connectivity index (χ2n) is 6.62. The molecule has 2 rings (SSSR count). The molecule has 182 valence electrons. The maximum Gasteiger partial charge on any atom is 0.339 e. The van der Waals surface area contributed by atoms with E-state index in [1.807, 2.05) is 0 Å². The van der Waals surface area contributed by atoms with Gasteiger partial charge in [0, 0.05) is 18.6 Å². The number of carbonyl (C=O) groups is 3. The van der Waals surface area contributed by atoms with E-state index in [9.17, 15) is 24.5 Å². The van der Waals surface area contributed by atoms with Crippen molar-refractivity contribution in [2.24, 2.45) is 0 Å². The number of nitrogens with zero attached hydrogens (tertiary/aromatic N) is 1. The zero-order valence-electron chi connectivity index (χ0n) is 18.7. The molecule has 0 fully saturated rings. The van der Waals surface area contributed by atoms with E-state index in [0.29, 0.717) is 30.4 Å². The van der Waals surface area contributed by atoms with Crippen LogP contribution in [0.15, 0.2) is 47.4 Å². The van der Waals surface area contributed by atoms with Crippen LogP contribution >= 0.6 is 11.8 Å². The fourth-order valence-electron chi connectivity index (χ4n) is 2.67. The Labute approximate surface area is 200 Å². The lowest BCUT2D eigenvalue weighted by molar-refractivity contribution is -0.384. The molecule has 0 saturated carbocycles. The molecule has 0 aromatic heterocycles. The van der Waals surface area contributed by atoms with Crippen LogP contribution in [0.4, 0.5) is 11.4 Å². The first-order valence-corrected chi connectivity index (χ1v) is 11.2. The van der Waals surface area contributed by atoms with Gasteiger partial charge in [-0.3, -0.25) is 19.7 Å². The summed E-state index contributed by atoms with van der Waals surface area (Å²) < 4.78 is 15.2. The summed E-state index contributed by atoms with van der Waals surface area (Å²) in [6.07, 6.45) is 0. The lowest BCUT2D eigenvalue weighted by Gasteiger charge is -2.11. The number of nitro benzene ring substituents is 1. The van der Waals surface area contributed by atoms with Gasteiger partial charge in [-0.1, -0.05) is 12.1 Å². The first-order chi connectivity index (χ1) is 16.3. The van der Waals surface area contributed by atoms with Crippen LogP contribution in [0.1, 0.15) is 17.3 Å². The second-order valence-corrected chi connectivity index (χ2v) is 7.64. The lowest BCUT2D eigenvalue weighted by atomic mass is 10.2. The van der Waals surface area contributed by atoms with Gasteiger partial charge in [-0.15, -0.1) is 11.8 Å². The predicted molar refractivity (Wildman–Crippen MR) is 125 cm³/mol. The number of nitrogens with one attached hydrogen (secondary N) is 2. The number of rotatable bonds is 13. The molecular formula is C22H25N3O8S. The first kappa shape index (κ1) is 26.6. The molecule has 0 heterocycles. The van der Waals surface area contributed by atoms with Crippen LogP contribution in [-0.4, -0.2) is 61.9 Å². The maximum atomic E-state index is 12.5. The Balaban J connectivity index is 1.95. The quantitative estimate of drug-likeness (QED) is 0.142. The largest absolute Gasteiger partial charge is 0.494 e. The minimum Gasteiger partial charge on any atom is -0.494 e. The number of hydrogen-bond acceptors (Lipinski definition) is 9. The summed E-state index contributed by atoms with van der Waals surface area (Å²) in [5, 5.41) is 16.4. The highest BCUT2D eigenvalue weighted by molar-refractivity contribution is 8.00. The average Bonchev–Trinajstić information content (AvgIpc) is 2.82. The van der Waals surface area contributed by atoms with Gasteiger partial charge in [-0.25, -0.2) is 4.79 Å². The normalized spacial score (nSPS) is 10.3. The highest BCUT2D eigenvalue weighted by Crippen LogP contribution is 2.29. The van der Waals surface area contributed by atoms with Crippen molar-refractivity contribution >= 4 is 40.9 Å². The Morgan fingerprint density at radius 1 is 1.12 bits per heavy atom. The van der Waals surface area contributed by atoms with Crippen molar-refractivity contribution in [2.75, 3.05) is 44.5 Å². The number of hydrogen-bond donors (Lipinski definition) is 2. The number of esters is 1. The molecule has 0 aliphatic rings. The summed E-state index contributed by atoms with van der Waals surface area (Å²) in [5.41, 5.74) is -0.210. The Hall–Kier alpha value is -3.64. The van der Waals surface area contributed by atoms with Crippen LogP contribution in [0.25, 0.3) is 0 Å². The van der Waals surface area contributed by atoms with Gasteiger partial charge in [0.1, 0.15) is 11.4 Å². The first-order valence-electron chi connectivity index (χ1n) is 10.2. The standard InChI is InChI=1S/C22H25N3O8S/c1-3-32-15-8-9-17(18(12-15)25(29)30)24-20(26)13-33-22(28)16-6-4-5-7-19(16)34-14-21(27)23-10-11-31-2/h4-9,12H,3,10-11,13-14H2,1-2H3,(H,23,27)(H,24,26). The summed E-state index contributed by atoms with van der Waals surface area (Å²) in [5.74, 6) is -1.36. The van der Waals surface area contributed by atoms with Gasteiger partial charge in [0.25, 0.3) is 11.6 Å². The molecule has 0 radical (unpaired) electrons. The number of benzene rings is 2. The van der Waals surface area contributed by atoms with Crippen LogP contribution in [0.3, 0.4) is 0 Å². The van der Waals surface area contributed by atoms with Crippen molar-refractivity contribution < 1.29 is 33.5 Å². The topological polar surface area (TPSA) is 146 Å². The third-order valence-corrected chi connectivity index (χ3v) is 5.25. The van der Waals surface area contributed by atoms with Gasteiger partial charge in [-0.2, -0.15) is 0 Å². The van der Waals surface area contributed by atoms with Crippen LogP contribution in [0.2, 0.25) is 0 Å². The molecular weight excluding hydrogens is 466 g/mol. The summed E-state index contributed by atoms with van der Waals surface area (Å²) in [6.45, 7) is 2.18. The highest BCUT2D eigenvalue weighted by Gasteiger charge is 2.19. The molecule has 0 unspecified atom stereocenters. The maximum absolute atomic E-state index is 12.5. The van der Waals surface area contributed by atoms with E-state index in [0.717, 1.165) is 11.8 Å². The Morgan fingerprint density at radius 3 is 2.59 bits per heavy atom. The summed E-state index contributed by atoms with van der Waals surface area (Å²) >= 11 is 1.15. The number of thioether (sulfide) groups is 1. The molecule has 2 N–H and O–H groups in total. The molecule has 2 amide bonds. The van der Waals surface area contributed by atoms with Gasteiger partial charge in [0.05, 0.1) is 35.5 Å². The van der Waals surface area contributed by atoms with Crippen LogP contribution in [0, 0.1) is 10.1 Å². The molecule has 2 aromatic rings. The molecule has 0 bridgehead atoms. The predicted octanol–water partition coefficient (Wildman–Crippen LogP) is 2.64. The summed E-state index contributed by atoms with van der Waals surface area (Å²) in [6, 6.07) is 10.5. The lowest BCUT2D eigenvalue weighted by Crippen LogP contribution is -2.28. The molecule has 11 nitrogen and oxygen atoms in total. The van der Waals surface area contributed by atoms with Gasteiger partial charge >= 0.3 is 5.97 Å². The van der Waals surface area contributed by atoms with E-state index in [1.165, 1.54) is 31.4 Å². The number of ether oxygens (including phenoxy) is 3. The Bertz CT molecular complexity index is 1030. The summed E-state index contributed by atoms with van der Waals surface area (Å²) in [4.78, 5) is 47.8. The number of anilines is 1. The average molecular weight is 492 g/mol. The van der Waals surface area contributed by atoms with E-state index in [2.05, 4.69) is 10.6 Å². The third-order valence-electron chi connectivity index (χ3n) is 4.18. The minimum absolute atomic E-state index is 0.0510. The van der Waals surface area contributed by atoms with Crippen molar-refractivity contribution in [1.82, 2.24) is 5.32 Å². The Kier molecular flexibility index (Phi) is 10.8. The minimum atomic E-state index is -0.765. The van der Waals surface area contributed by atoms with Crippen molar-refractivity contribution in [3.63, 3.8) is 0 Å². The van der Waals surface area contributed by atoms with Gasteiger partial charge in [0.2, 0.25) is 5.91 Å². The third kappa shape index (κ3) is 8.37. The SMILES string of the molecule is CCOc1ccc(NC(=O)COC(=O)c2ccccc2SCC(=O)NCCOC)c([N+](=O)[O-])c1. The van der Waals surface area contributed by atoms with Crippen molar-refractivity contribution in [1.29, 1.82) is 0 Å². The zero-order chi connectivity index (χ0) is 24.9. The molecule has 0 aliphatic heterocycles. The molecule has 2 aromatic carbocycles. The molecule has 0 atom stereocenters. The monoisotopic (exact) mass is 491 g/mol. The smallest absolute Gasteiger partial charge is 0.339 e. The number of nitro groups is 1. The number of methoxy groups -OCH3 is 1. The van der Waals surface area contributed by atoms with Crippen LogP contribution in [-0.2, 0) is 19.1 Å². The molecule has 34 heavy (non-hydrogen) atoms. The number of carbonyl (C=O) groups excluding carboxylic acids is 3. The second kappa shape index (κ2) is 13.8. The fourth-order valence-corrected chi connectivity index (χ4v) is 3.54. The van der Waals surface area contributed by atoms with E-state index >= 15 is 0 Å². The van der Waals surface area contributed by atoms with E-state index in [-0.39, 0.29) is 28.6 Å². The zero-order valence-corrected chi connectivity index (χ0v) is 19.5. The van der Waals surface area contributed by atoms with Gasteiger partial charge < -0.3 is 24.8 Å². The van der Waals surface area contributed by atoms with E-state index in [1.54, 1.807) is 25.1 Å². The van der Waals surface area contributed by atoms with Gasteiger partial charge in [-0.05, 0) is 31.2 Å². The molecule has 0 aliphatic carbocycles.